The summed E-state index contributed by atoms with van der Waals surface area (Å²) in [5.74, 6) is 0.364. The normalized spacial score (nSPS) is 10.3. The molecule has 19 heavy (non-hydrogen) atoms. The van der Waals surface area contributed by atoms with Crippen LogP contribution in [-0.4, -0.2) is 18.0 Å². The fourth-order valence-corrected chi connectivity index (χ4v) is 2.44. The van der Waals surface area contributed by atoms with Crippen molar-refractivity contribution in [3.05, 3.63) is 44.9 Å². The molecule has 100 valence electrons. The summed E-state index contributed by atoms with van der Waals surface area (Å²) < 4.78 is 5.04. The van der Waals surface area contributed by atoms with E-state index >= 15 is 0 Å². The number of nitrogens with zero attached hydrogens (tertiary/aromatic N) is 1. The van der Waals surface area contributed by atoms with Gasteiger partial charge >= 0.3 is 0 Å². The summed E-state index contributed by atoms with van der Waals surface area (Å²) in [6.45, 7) is 2.34. The van der Waals surface area contributed by atoms with Crippen LogP contribution in [0.3, 0.4) is 0 Å². The van der Waals surface area contributed by atoms with E-state index in [1.54, 1.807) is 29.5 Å². The number of ether oxygens (including phenoxy) is 1. The number of benzene rings is 1. The predicted molar refractivity (Wildman–Crippen MR) is 76.0 cm³/mol. The maximum Gasteiger partial charge on any atom is 0.251 e. The number of methoxy groups -OCH3 is 1. The average Bonchev–Trinajstić information content (AvgIpc) is 2.81. The predicted octanol–water partition coefficient (Wildman–Crippen LogP) is 3.04. The molecule has 1 aromatic carbocycles. The van der Waals surface area contributed by atoms with E-state index in [1.165, 1.54) is 7.11 Å². The van der Waals surface area contributed by atoms with Gasteiger partial charge in [-0.1, -0.05) is 11.6 Å². The minimum Gasteiger partial charge on any atom is -0.495 e. The van der Waals surface area contributed by atoms with Crippen LogP contribution in [0.1, 0.15) is 21.1 Å². The topological polar surface area (TPSA) is 51.2 Å². The highest BCUT2D eigenvalue weighted by Crippen LogP contribution is 2.24. The fourth-order valence-electron chi connectivity index (χ4n) is 1.57. The lowest BCUT2D eigenvalue weighted by atomic mass is 10.2. The van der Waals surface area contributed by atoms with E-state index in [0.717, 1.165) is 10.7 Å². The summed E-state index contributed by atoms with van der Waals surface area (Å²) in [6, 6.07) is 4.93. The van der Waals surface area contributed by atoms with Crippen LogP contribution < -0.4 is 10.1 Å². The van der Waals surface area contributed by atoms with Crippen LogP contribution in [0.2, 0.25) is 5.02 Å². The van der Waals surface area contributed by atoms with Crippen LogP contribution in [0.5, 0.6) is 5.75 Å². The van der Waals surface area contributed by atoms with Gasteiger partial charge in [0.25, 0.3) is 5.91 Å². The number of aromatic nitrogens is 1. The van der Waals surface area contributed by atoms with Crippen LogP contribution in [0.15, 0.2) is 23.6 Å². The Labute approximate surface area is 120 Å². The van der Waals surface area contributed by atoms with Crippen LogP contribution in [-0.2, 0) is 6.54 Å². The van der Waals surface area contributed by atoms with E-state index in [2.05, 4.69) is 10.3 Å². The Morgan fingerprint density at radius 3 is 2.89 bits per heavy atom. The third-order valence-corrected chi connectivity index (χ3v) is 3.63. The summed E-state index contributed by atoms with van der Waals surface area (Å²) in [5, 5.41) is 6.13. The monoisotopic (exact) mass is 296 g/mol. The van der Waals surface area contributed by atoms with Gasteiger partial charge < -0.3 is 10.1 Å². The van der Waals surface area contributed by atoms with Crippen molar-refractivity contribution >= 4 is 28.8 Å². The van der Waals surface area contributed by atoms with Crippen molar-refractivity contribution in [3.8, 4) is 5.75 Å². The van der Waals surface area contributed by atoms with Gasteiger partial charge in [0.1, 0.15) is 5.75 Å². The number of aryl methyl sites for hydroxylation is 1. The molecule has 0 saturated carbocycles. The summed E-state index contributed by atoms with van der Waals surface area (Å²) >= 11 is 7.54. The van der Waals surface area contributed by atoms with Gasteiger partial charge in [-0.25, -0.2) is 4.98 Å². The van der Waals surface area contributed by atoms with Gasteiger partial charge in [0, 0.05) is 10.9 Å². The molecular formula is C13H13ClN2O2S. The summed E-state index contributed by atoms with van der Waals surface area (Å²) in [6.07, 6.45) is 0. The smallest absolute Gasteiger partial charge is 0.251 e. The number of halogens is 1. The number of nitrogens with one attached hydrogen (secondary N) is 1. The molecule has 1 amide bonds. The Bertz CT molecular complexity index is 598. The Kier molecular flexibility index (Phi) is 4.39. The molecule has 0 aliphatic rings. The molecule has 4 nitrogen and oxygen atoms in total. The van der Waals surface area contributed by atoms with Crippen molar-refractivity contribution in [3.63, 3.8) is 0 Å². The number of rotatable bonds is 4. The fraction of sp³-hybridized carbons (Fsp3) is 0.231. The van der Waals surface area contributed by atoms with Crippen molar-refractivity contribution in [1.29, 1.82) is 0 Å². The number of carbonyl (C=O) groups excluding carboxylic acids is 1. The largest absolute Gasteiger partial charge is 0.495 e. The van der Waals surface area contributed by atoms with E-state index in [1.807, 2.05) is 12.3 Å². The lowest BCUT2D eigenvalue weighted by molar-refractivity contribution is 0.0950. The second-order valence-corrected chi connectivity index (χ2v) is 5.36. The van der Waals surface area contributed by atoms with Crippen molar-refractivity contribution in [2.24, 2.45) is 0 Å². The molecular weight excluding hydrogens is 284 g/mol. The van der Waals surface area contributed by atoms with Crippen LogP contribution in [0.4, 0.5) is 0 Å². The molecule has 0 radical (unpaired) electrons. The minimum absolute atomic E-state index is 0.185. The van der Waals surface area contributed by atoms with E-state index < -0.39 is 0 Å². The zero-order valence-corrected chi connectivity index (χ0v) is 12.1. The van der Waals surface area contributed by atoms with Gasteiger partial charge in [-0.3, -0.25) is 4.79 Å². The van der Waals surface area contributed by atoms with Crippen LogP contribution >= 0.6 is 22.9 Å². The van der Waals surface area contributed by atoms with E-state index in [-0.39, 0.29) is 5.91 Å². The Balaban J connectivity index is 2.01. The van der Waals surface area contributed by atoms with Gasteiger partial charge in [0.15, 0.2) is 0 Å². The van der Waals surface area contributed by atoms with Gasteiger partial charge in [0.2, 0.25) is 0 Å². The Morgan fingerprint density at radius 2 is 2.32 bits per heavy atom. The molecule has 2 aromatic rings. The van der Waals surface area contributed by atoms with E-state index in [4.69, 9.17) is 16.3 Å². The van der Waals surface area contributed by atoms with Crippen LogP contribution in [0.25, 0.3) is 0 Å². The quantitative estimate of drug-likeness (QED) is 0.943. The molecule has 0 atom stereocenters. The van der Waals surface area contributed by atoms with Crippen molar-refractivity contribution in [2.45, 2.75) is 13.5 Å². The van der Waals surface area contributed by atoms with Crippen molar-refractivity contribution < 1.29 is 9.53 Å². The molecule has 0 aliphatic heterocycles. The van der Waals surface area contributed by atoms with Gasteiger partial charge in [0.05, 0.1) is 29.4 Å². The lowest BCUT2D eigenvalue weighted by Gasteiger charge is -2.06. The zero-order chi connectivity index (χ0) is 13.8. The zero-order valence-electron chi connectivity index (χ0n) is 10.6. The van der Waals surface area contributed by atoms with Gasteiger partial charge in [-0.05, 0) is 25.1 Å². The lowest BCUT2D eigenvalue weighted by Crippen LogP contribution is -2.22. The molecule has 1 N–H and O–H groups in total. The molecule has 0 saturated heterocycles. The van der Waals surface area contributed by atoms with Gasteiger partial charge in [-0.2, -0.15) is 0 Å². The van der Waals surface area contributed by atoms with Crippen LogP contribution in [0, 0.1) is 6.92 Å². The SMILES string of the molecule is COc1ccc(C(=O)NCc2csc(C)n2)cc1Cl. The maximum absolute atomic E-state index is 11.9. The molecule has 2 rings (SSSR count). The van der Waals surface area contributed by atoms with Crippen molar-refractivity contribution in [1.82, 2.24) is 10.3 Å². The average molecular weight is 297 g/mol. The third-order valence-electron chi connectivity index (χ3n) is 2.51. The molecule has 0 bridgehead atoms. The number of thiazole rings is 1. The highest BCUT2D eigenvalue weighted by molar-refractivity contribution is 7.09. The summed E-state index contributed by atoms with van der Waals surface area (Å²) in [4.78, 5) is 16.2. The highest BCUT2D eigenvalue weighted by Gasteiger charge is 2.09. The first-order valence-electron chi connectivity index (χ1n) is 5.63. The standard InChI is InChI=1S/C13H13ClN2O2S/c1-8-16-10(7-19-8)6-15-13(17)9-3-4-12(18-2)11(14)5-9/h3-5,7H,6H2,1-2H3,(H,15,17). The molecule has 0 aliphatic carbocycles. The van der Waals surface area contributed by atoms with E-state index in [0.29, 0.717) is 22.9 Å². The minimum atomic E-state index is -0.185. The molecule has 6 heteroatoms. The summed E-state index contributed by atoms with van der Waals surface area (Å²) in [5.41, 5.74) is 1.35. The molecule has 1 heterocycles. The molecule has 0 fully saturated rings. The first kappa shape index (κ1) is 13.8. The Morgan fingerprint density at radius 1 is 1.53 bits per heavy atom. The first-order chi connectivity index (χ1) is 9.10. The first-order valence-corrected chi connectivity index (χ1v) is 6.88. The Hall–Kier alpha value is -1.59. The van der Waals surface area contributed by atoms with E-state index in [9.17, 15) is 4.79 Å². The second kappa shape index (κ2) is 6.04. The third kappa shape index (κ3) is 3.45. The number of carbonyl (C=O) groups is 1. The number of hydrogen-bond acceptors (Lipinski definition) is 4. The summed E-state index contributed by atoms with van der Waals surface area (Å²) in [7, 11) is 1.53. The number of amides is 1. The maximum atomic E-state index is 11.9. The molecule has 1 aromatic heterocycles. The van der Waals surface area contributed by atoms with Gasteiger partial charge in [-0.15, -0.1) is 11.3 Å². The molecule has 0 unspecified atom stereocenters. The second-order valence-electron chi connectivity index (χ2n) is 3.89. The highest BCUT2D eigenvalue weighted by atomic mass is 35.5. The molecule has 0 spiro atoms. The number of hydrogen-bond donors (Lipinski definition) is 1. The van der Waals surface area contributed by atoms with Crippen molar-refractivity contribution in [2.75, 3.05) is 7.11 Å².